The summed E-state index contributed by atoms with van der Waals surface area (Å²) in [4.78, 5) is 37.9. The van der Waals surface area contributed by atoms with Crippen molar-refractivity contribution in [2.24, 2.45) is 0 Å². The fourth-order valence-corrected chi connectivity index (χ4v) is 6.31. The quantitative estimate of drug-likeness (QED) is 0.180. The van der Waals surface area contributed by atoms with Crippen molar-refractivity contribution >= 4 is 78.2 Å². The molecule has 1 N–H and O–H groups in total. The molecule has 0 aromatic heterocycles. The fraction of sp³-hybridized carbons (Fsp3) is 0.179. The molecule has 3 amide bonds. The lowest BCUT2D eigenvalue weighted by Crippen LogP contribution is -2.32. The highest BCUT2D eigenvalue weighted by atomic mass is 79.9. The van der Waals surface area contributed by atoms with E-state index in [9.17, 15) is 22.8 Å². The highest BCUT2D eigenvalue weighted by Gasteiger charge is 2.35. The lowest BCUT2D eigenvalue weighted by atomic mass is 10.2. The number of hydrogen-bond acceptors (Lipinski definition) is 9. The van der Waals surface area contributed by atoms with Gasteiger partial charge >= 0.3 is 10.1 Å². The normalized spacial score (nSPS) is 14.3. The third kappa shape index (κ3) is 7.85. The standard InChI is InChI=1S/C28H24BrClN2O8S2/c1-3-38-24-15-18(14-23(29)26(24)40-42(36,37)22-10-6-20(7-11-22)31-17(2)33)16-25-27(34)32(28(35)41-25)12-13-39-21-8-4-19(30)5-9-21/h4-11,14-16H,3,12-13H2,1-2H3,(H,31,33)/b25-16-. The van der Waals surface area contributed by atoms with Crippen LogP contribution in [-0.2, 0) is 19.7 Å². The number of benzene rings is 3. The van der Waals surface area contributed by atoms with E-state index in [0.29, 0.717) is 22.0 Å². The largest absolute Gasteiger partial charge is 0.492 e. The van der Waals surface area contributed by atoms with Crippen molar-refractivity contribution in [3.05, 3.63) is 80.6 Å². The number of ether oxygens (including phenoxy) is 2. The van der Waals surface area contributed by atoms with Gasteiger partial charge in [0.05, 0.1) is 22.5 Å². The van der Waals surface area contributed by atoms with Crippen LogP contribution in [0.2, 0.25) is 5.02 Å². The molecule has 0 radical (unpaired) electrons. The molecular weight excluding hydrogens is 672 g/mol. The monoisotopic (exact) mass is 694 g/mol. The van der Waals surface area contributed by atoms with Gasteiger partial charge < -0.3 is 19.0 Å². The van der Waals surface area contributed by atoms with Gasteiger partial charge in [-0.2, -0.15) is 8.42 Å². The van der Waals surface area contributed by atoms with E-state index in [1.54, 1.807) is 37.3 Å². The Hall–Kier alpha value is -3.52. The second kappa shape index (κ2) is 13.6. The molecule has 14 heteroatoms. The molecular formula is C28H24BrClN2O8S2. The Morgan fingerprint density at radius 1 is 1.07 bits per heavy atom. The van der Waals surface area contributed by atoms with Crippen molar-refractivity contribution in [3.8, 4) is 17.2 Å². The summed E-state index contributed by atoms with van der Waals surface area (Å²) >= 11 is 9.99. The summed E-state index contributed by atoms with van der Waals surface area (Å²) in [7, 11) is -4.28. The first-order valence-electron chi connectivity index (χ1n) is 12.4. The number of carbonyl (C=O) groups excluding carboxylic acids is 3. The Bertz CT molecular complexity index is 1650. The van der Waals surface area contributed by atoms with Crippen LogP contribution in [0.5, 0.6) is 17.2 Å². The molecule has 1 fully saturated rings. The highest BCUT2D eigenvalue weighted by molar-refractivity contribution is 9.10. The molecule has 1 heterocycles. The summed E-state index contributed by atoms with van der Waals surface area (Å²) in [5.74, 6) is -0.203. The van der Waals surface area contributed by atoms with E-state index in [0.717, 1.165) is 16.7 Å². The van der Waals surface area contributed by atoms with Gasteiger partial charge in [-0.05, 0) is 107 Å². The van der Waals surface area contributed by atoms with Gasteiger partial charge in [0, 0.05) is 17.6 Å². The Labute approximate surface area is 260 Å². The predicted octanol–water partition coefficient (Wildman–Crippen LogP) is 6.34. The van der Waals surface area contributed by atoms with E-state index in [1.165, 1.54) is 43.3 Å². The molecule has 3 aromatic carbocycles. The number of amides is 3. The van der Waals surface area contributed by atoms with Crippen LogP contribution < -0.4 is 19.0 Å². The highest BCUT2D eigenvalue weighted by Crippen LogP contribution is 2.40. The smallest absolute Gasteiger partial charge is 0.339 e. The van der Waals surface area contributed by atoms with Crippen LogP contribution in [0.15, 0.2) is 74.9 Å². The molecule has 3 aromatic rings. The van der Waals surface area contributed by atoms with Gasteiger partial charge in [-0.25, -0.2) is 0 Å². The van der Waals surface area contributed by atoms with Crippen molar-refractivity contribution in [1.82, 2.24) is 4.90 Å². The van der Waals surface area contributed by atoms with Crippen molar-refractivity contribution in [3.63, 3.8) is 0 Å². The molecule has 220 valence electrons. The number of carbonyl (C=O) groups is 3. The van der Waals surface area contributed by atoms with Gasteiger partial charge in [0.1, 0.15) is 17.3 Å². The number of hydrogen-bond donors (Lipinski definition) is 1. The summed E-state index contributed by atoms with van der Waals surface area (Å²) in [5.41, 5.74) is 0.901. The number of nitrogens with one attached hydrogen (secondary N) is 1. The third-order valence-corrected chi connectivity index (χ3v) is 8.54. The number of thioether (sulfide) groups is 1. The molecule has 42 heavy (non-hydrogen) atoms. The summed E-state index contributed by atoms with van der Waals surface area (Å²) in [6, 6.07) is 15.3. The van der Waals surface area contributed by atoms with Crippen LogP contribution >= 0.6 is 39.3 Å². The van der Waals surface area contributed by atoms with Gasteiger partial charge in [-0.1, -0.05) is 11.6 Å². The molecule has 0 aliphatic carbocycles. The number of halogens is 2. The Kier molecular flexibility index (Phi) is 10.2. The van der Waals surface area contributed by atoms with E-state index in [4.69, 9.17) is 25.3 Å². The number of imide groups is 1. The molecule has 0 spiro atoms. The molecule has 4 rings (SSSR count). The summed E-state index contributed by atoms with van der Waals surface area (Å²) in [6.07, 6.45) is 1.51. The third-order valence-electron chi connectivity index (χ3n) is 5.56. The van der Waals surface area contributed by atoms with Crippen LogP contribution in [0.1, 0.15) is 19.4 Å². The molecule has 0 unspecified atom stereocenters. The Morgan fingerprint density at radius 3 is 2.40 bits per heavy atom. The van der Waals surface area contributed by atoms with E-state index in [1.807, 2.05) is 0 Å². The lowest BCUT2D eigenvalue weighted by molar-refractivity contribution is -0.123. The Balaban J connectivity index is 1.50. The van der Waals surface area contributed by atoms with E-state index in [-0.39, 0.29) is 51.4 Å². The number of anilines is 1. The first-order chi connectivity index (χ1) is 20.0. The minimum Gasteiger partial charge on any atom is -0.492 e. The minimum atomic E-state index is -4.28. The van der Waals surface area contributed by atoms with Crippen LogP contribution in [-0.4, -0.2) is 50.1 Å². The van der Waals surface area contributed by atoms with Crippen molar-refractivity contribution < 1.29 is 36.5 Å². The van der Waals surface area contributed by atoms with Gasteiger partial charge in [-0.3, -0.25) is 19.3 Å². The van der Waals surface area contributed by atoms with E-state index < -0.39 is 21.3 Å². The van der Waals surface area contributed by atoms with Gasteiger partial charge in [0.15, 0.2) is 11.5 Å². The van der Waals surface area contributed by atoms with Gasteiger partial charge in [-0.15, -0.1) is 0 Å². The van der Waals surface area contributed by atoms with Gasteiger partial charge in [0.25, 0.3) is 11.1 Å². The van der Waals surface area contributed by atoms with Crippen LogP contribution in [0.25, 0.3) is 6.08 Å². The summed E-state index contributed by atoms with van der Waals surface area (Å²) < 4.78 is 42.9. The van der Waals surface area contributed by atoms with Gasteiger partial charge in [0.2, 0.25) is 5.91 Å². The predicted molar refractivity (Wildman–Crippen MR) is 163 cm³/mol. The Morgan fingerprint density at radius 2 is 1.76 bits per heavy atom. The molecule has 10 nitrogen and oxygen atoms in total. The minimum absolute atomic E-state index is 0.0506. The van der Waals surface area contributed by atoms with Crippen molar-refractivity contribution in [2.45, 2.75) is 18.7 Å². The van der Waals surface area contributed by atoms with Crippen molar-refractivity contribution in [2.75, 3.05) is 25.1 Å². The zero-order valence-corrected chi connectivity index (χ0v) is 26.2. The topological polar surface area (TPSA) is 128 Å². The first kappa shape index (κ1) is 31.4. The second-order valence-electron chi connectivity index (χ2n) is 8.64. The van der Waals surface area contributed by atoms with Crippen LogP contribution in [0, 0.1) is 0 Å². The maximum absolute atomic E-state index is 13.0. The maximum atomic E-state index is 13.0. The molecule has 0 saturated carbocycles. The molecule has 1 aliphatic heterocycles. The lowest BCUT2D eigenvalue weighted by Gasteiger charge is -2.15. The molecule has 0 bridgehead atoms. The molecule has 1 aliphatic rings. The van der Waals surface area contributed by atoms with E-state index in [2.05, 4.69) is 21.2 Å². The summed E-state index contributed by atoms with van der Waals surface area (Å²) in [5, 5.41) is 2.69. The van der Waals surface area contributed by atoms with Crippen LogP contribution in [0.3, 0.4) is 0 Å². The van der Waals surface area contributed by atoms with Crippen LogP contribution in [0.4, 0.5) is 10.5 Å². The average molecular weight is 696 g/mol. The zero-order valence-electron chi connectivity index (χ0n) is 22.3. The molecule has 0 atom stereocenters. The number of rotatable bonds is 11. The molecule has 1 saturated heterocycles. The fourth-order valence-electron chi connectivity index (χ4n) is 3.71. The SMILES string of the molecule is CCOc1cc(/C=C2\SC(=O)N(CCOc3ccc(Cl)cc3)C2=O)cc(Br)c1OS(=O)(=O)c1ccc(NC(C)=O)cc1. The second-order valence-corrected chi connectivity index (χ2v) is 12.5. The summed E-state index contributed by atoms with van der Waals surface area (Å²) in [6.45, 7) is 3.41. The maximum Gasteiger partial charge on any atom is 0.339 e. The zero-order chi connectivity index (χ0) is 30.4. The number of nitrogens with zero attached hydrogens (tertiary/aromatic N) is 1. The van der Waals surface area contributed by atoms with Crippen molar-refractivity contribution in [1.29, 1.82) is 0 Å². The first-order valence-corrected chi connectivity index (χ1v) is 15.8. The van der Waals surface area contributed by atoms with E-state index >= 15 is 0 Å². The average Bonchev–Trinajstić information content (AvgIpc) is 3.19.